The van der Waals surface area contributed by atoms with Gasteiger partial charge >= 0.3 is 0 Å². The van der Waals surface area contributed by atoms with Crippen molar-refractivity contribution in [3.8, 4) is 33.4 Å². The molecule has 0 aromatic heterocycles. The van der Waals surface area contributed by atoms with Gasteiger partial charge in [0.25, 0.3) is 0 Å². The molecule has 0 radical (unpaired) electrons. The van der Waals surface area contributed by atoms with Crippen molar-refractivity contribution in [2.75, 3.05) is 0 Å². The first-order chi connectivity index (χ1) is 27.3. The summed E-state index contributed by atoms with van der Waals surface area (Å²) in [5.74, 6) is 0.190. The van der Waals surface area contributed by atoms with Crippen LogP contribution in [0.3, 0.4) is 0 Å². The minimum atomic E-state index is 0.190. The average molecular weight is 700 g/mol. The number of nitrogens with zero attached hydrogens (tertiary/aromatic N) is 1. The van der Waals surface area contributed by atoms with Gasteiger partial charge in [-0.25, -0.2) is 0 Å². The molecule has 55 heavy (non-hydrogen) atoms. The first-order valence-electron chi connectivity index (χ1n) is 19.4. The van der Waals surface area contributed by atoms with Crippen LogP contribution in [0.15, 0.2) is 199 Å². The second kappa shape index (κ2) is 12.9. The zero-order valence-electron chi connectivity index (χ0n) is 30.4. The van der Waals surface area contributed by atoms with Crippen LogP contribution in [-0.2, 0) is 0 Å². The third-order valence-corrected chi connectivity index (χ3v) is 11.8. The largest absolute Gasteiger partial charge is 0.252 e. The highest BCUT2D eigenvalue weighted by Crippen LogP contribution is 2.54. The Morgan fingerprint density at radius 3 is 1.55 bits per heavy atom. The topological polar surface area (TPSA) is 12.4 Å². The molecule has 0 saturated heterocycles. The Labute approximate surface area is 321 Å². The van der Waals surface area contributed by atoms with E-state index < -0.39 is 0 Å². The van der Waals surface area contributed by atoms with E-state index in [1.54, 1.807) is 0 Å². The zero-order valence-corrected chi connectivity index (χ0v) is 30.4. The Morgan fingerprint density at radius 2 is 0.909 bits per heavy atom. The summed E-state index contributed by atoms with van der Waals surface area (Å²) in [5.41, 5.74) is 13.7. The molecule has 1 unspecified atom stereocenters. The molecule has 1 heteroatoms. The summed E-state index contributed by atoms with van der Waals surface area (Å²) >= 11 is 0. The van der Waals surface area contributed by atoms with Gasteiger partial charge in [-0.2, -0.15) is 0 Å². The number of aliphatic imine (C=N–C) groups is 1. The molecule has 1 aliphatic heterocycles. The van der Waals surface area contributed by atoms with Crippen LogP contribution in [0.5, 0.6) is 0 Å². The summed E-state index contributed by atoms with van der Waals surface area (Å²) in [6.07, 6.45) is 9.09. The van der Waals surface area contributed by atoms with Crippen molar-refractivity contribution in [3.05, 3.63) is 205 Å². The average Bonchev–Trinajstić information content (AvgIpc) is 3.58. The summed E-state index contributed by atoms with van der Waals surface area (Å²) in [6, 6.07) is 64.2. The van der Waals surface area contributed by atoms with Crippen LogP contribution in [0.4, 0.5) is 5.69 Å². The molecule has 0 bridgehead atoms. The molecule has 1 aliphatic carbocycles. The molecule has 1 nitrogen and oxygen atoms in total. The van der Waals surface area contributed by atoms with Crippen molar-refractivity contribution >= 4 is 60.1 Å². The molecule has 1 heterocycles. The van der Waals surface area contributed by atoms with Gasteiger partial charge < -0.3 is 0 Å². The van der Waals surface area contributed by atoms with E-state index in [-0.39, 0.29) is 5.92 Å². The quantitative estimate of drug-likeness (QED) is 0.162. The molecular weight excluding hydrogens is 663 g/mol. The van der Waals surface area contributed by atoms with Gasteiger partial charge in [0.15, 0.2) is 0 Å². The monoisotopic (exact) mass is 699 g/mol. The summed E-state index contributed by atoms with van der Waals surface area (Å²) in [5, 5.41) is 10.2. The molecule has 258 valence electrons. The second-order valence-corrected chi connectivity index (χ2v) is 14.9. The van der Waals surface area contributed by atoms with E-state index in [4.69, 9.17) is 4.99 Å². The van der Waals surface area contributed by atoms with Crippen LogP contribution in [0.1, 0.15) is 29.9 Å². The minimum absolute atomic E-state index is 0.190. The maximum absolute atomic E-state index is 5.62. The highest BCUT2D eigenvalue weighted by atomic mass is 14.8. The molecular formula is C54H37N. The summed E-state index contributed by atoms with van der Waals surface area (Å²) in [7, 11) is 0. The molecule has 0 N–H and O–H groups in total. The smallest absolute Gasteiger partial charge is 0.0763 e. The van der Waals surface area contributed by atoms with Gasteiger partial charge in [0.05, 0.1) is 5.69 Å². The van der Waals surface area contributed by atoms with E-state index in [1.165, 1.54) is 93.2 Å². The molecule has 0 saturated carbocycles. The SMILES string of the molecule is C1=CC2=Nc3c(c(-c4ccccc4)c4ccccc4c3-c3ccccc3)C2CCC=C1c1c2ccccc2c(-c2ccc3ccccc3c2)c2ccccc12. The maximum atomic E-state index is 5.62. The van der Waals surface area contributed by atoms with Gasteiger partial charge in [0, 0.05) is 17.2 Å². The van der Waals surface area contributed by atoms with Crippen LogP contribution in [0.25, 0.3) is 82.0 Å². The third-order valence-electron chi connectivity index (χ3n) is 11.8. The van der Waals surface area contributed by atoms with Crippen LogP contribution < -0.4 is 0 Å². The van der Waals surface area contributed by atoms with Crippen molar-refractivity contribution < 1.29 is 0 Å². The fourth-order valence-electron chi connectivity index (χ4n) is 9.44. The maximum Gasteiger partial charge on any atom is 0.0763 e. The van der Waals surface area contributed by atoms with Gasteiger partial charge in [-0.3, -0.25) is 4.99 Å². The standard InChI is InChI=1S/C54H37N/c1-3-17-36(18-4-1)51-45-27-13-14-28-46(45)52(37-19-5-2-6-20-37)54-53(51)47-29-15-22-38(32-33-48(47)55-54)49-41-23-9-11-25-43(41)50(44-26-12-10-24-42(44)49)40-31-30-35-16-7-8-21-39(35)34-40/h1-14,16-28,30-34,47H,15,29H2. The molecule has 2 aliphatic rings. The van der Waals surface area contributed by atoms with Crippen molar-refractivity contribution in [2.24, 2.45) is 4.99 Å². The highest BCUT2D eigenvalue weighted by molar-refractivity contribution is 6.22. The number of hydrogen-bond donors (Lipinski definition) is 0. The predicted octanol–water partition coefficient (Wildman–Crippen LogP) is 14.9. The molecule has 0 fully saturated rings. The number of rotatable bonds is 4. The van der Waals surface area contributed by atoms with Crippen LogP contribution >= 0.6 is 0 Å². The Bertz CT molecular complexity index is 3020. The van der Waals surface area contributed by atoms with Gasteiger partial charge in [-0.15, -0.1) is 0 Å². The zero-order chi connectivity index (χ0) is 36.3. The normalized spacial score (nSPS) is 15.1. The lowest BCUT2D eigenvalue weighted by molar-refractivity contribution is 0.799. The van der Waals surface area contributed by atoms with Crippen molar-refractivity contribution in [1.29, 1.82) is 0 Å². The van der Waals surface area contributed by atoms with Crippen LogP contribution in [0.2, 0.25) is 0 Å². The molecule has 9 aromatic rings. The number of fused-ring (bicyclic) bond motifs is 7. The number of hydrogen-bond acceptors (Lipinski definition) is 1. The lowest BCUT2D eigenvalue weighted by atomic mass is 9.79. The van der Waals surface area contributed by atoms with E-state index in [2.05, 4.69) is 194 Å². The molecule has 0 amide bonds. The first-order valence-corrected chi connectivity index (χ1v) is 19.4. The Balaban J connectivity index is 1.10. The van der Waals surface area contributed by atoms with Gasteiger partial charge in [0.2, 0.25) is 0 Å². The van der Waals surface area contributed by atoms with E-state index in [1.807, 2.05) is 0 Å². The van der Waals surface area contributed by atoms with Crippen molar-refractivity contribution in [3.63, 3.8) is 0 Å². The Kier molecular flexibility index (Phi) is 7.45. The molecule has 11 rings (SSSR count). The van der Waals surface area contributed by atoms with Gasteiger partial charge in [-0.1, -0.05) is 182 Å². The first kappa shape index (κ1) is 31.7. The summed E-state index contributed by atoms with van der Waals surface area (Å²) < 4.78 is 0. The Morgan fingerprint density at radius 1 is 0.400 bits per heavy atom. The van der Waals surface area contributed by atoms with Crippen molar-refractivity contribution in [1.82, 2.24) is 0 Å². The summed E-state index contributed by atoms with van der Waals surface area (Å²) in [4.78, 5) is 5.62. The summed E-state index contributed by atoms with van der Waals surface area (Å²) in [6.45, 7) is 0. The highest BCUT2D eigenvalue weighted by Gasteiger charge is 2.33. The molecule has 1 atom stereocenters. The van der Waals surface area contributed by atoms with Crippen LogP contribution in [-0.4, -0.2) is 5.71 Å². The van der Waals surface area contributed by atoms with Crippen molar-refractivity contribution in [2.45, 2.75) is 18.8 Å². The Hall–Kier alpha value is -6.83. The van der Waals surface area contributed by atoms with E-state index >= 15 is 0 Å². The second-order valence-electron chi connectivity index (χ2n) is 14.9. The lowest BCUT2D eigenvalue weighted by Gasteiger charge is -2.23. The number of allylic oxidation sites excluding steroid dienone is 4. The number of benzene rings is 9. The molecule has 0 spiro atoms. The lowest BCUT2D eigenvalue weighted by Crippen LogP contribution is -2.09. The fraction of sp³-hybridized carbons (Fsp3) is 0.0556. The van der Waals surface area contributed by atoms with E-state index in [0.717, 1.165) is 24.2 Å². The predicted molar refractivity (Wildman–Crippen MR) is 235 cm³/mol. The van der Waals surface area contributed by atoms with E-state index in [0.29, 0.717) is 0 Å². The fourth-order valence-corrected chi connectivity index (χ4v) is 9.44. The van der Waals surface area contributed by atoms with Gasteiger partial charge in [0.1, 0.15) is 0 Å². The molecule has 9 aromatic carbocycles. The van der Waals surface area contributed by atoms with Gasteiger partial charge in [-0.05, 0) is 113 Å². The minimum Gasteiger partial charge on any atom is -0.252 e. The third kappa shape index (κ3) is 5.12. The van der Waals surface area contributed by atoms with Crippen LogP contribution in [0, 0.1) is 0 Å². The van der Waals surface area contributed by atoms with E-state index in [9.17, 15) is 0 Å².